The van der Waals surface area contributed by atoms with E-state index in [2.05, 4.69) is 4.72 Å². The Kier molecular flexibility index (Phi) is 3.43. The average Bonchev–Trinajstić information content (AvgIpc) is 2.51. The Morgan fingerprint density at radius 3 is 2.85 bits per heavy atom. The lowest BCUT2D eigenvalue weighted by Crippen LogP contribution is -2.23. The van der Waals surface area contributed by atoms with Gasteiger partial charge in [-0.3, -0.25) is 0 Å². The van der Waals surface area contributed by atoms with Crippen LogP contribution in [0.15, 0.2) is 16.3 Å². The van der Waals surface area contributed by atoms with Crippen LogP contribution in [-0.2, 0) is 16.6 Å². The number of nitrogens with one attached hydrogen (secondary N) is 1. The van der Waals surface area contributed by atoms with Crippen molar-refractivity contribution in [2.24, 2.45) is 0 Å². The standard InChI is InChI=1S/C7H11NO3S2/c1-2-8-13(10,11)7-3-4-12-6(7)5-9/h3-4,8-9H,2,5H2,1H3. The molecule has 0 unspecified atom stereocenters. The third kappa shape index (κ3) is 2.28. The van der Waals surface area contributed by atoms with E-state index in [4.69, 9.17) is 5.11 Å². The highest BCUT2D eigenvalue weighted by atomic mass is 32.2. The molecule has 0 atom stereocenters. The minimum absolute atomic E-state index is 0.182. The minimum Gasteiger partial charge on any atom is -0.391 e. The van der Waals surface area contributed by atoms with E-state index in [9.17, 15) is 8.42 Å². The van der Waals surface area contributed by atoms with Crippen molar-refractivity contribution in [3.05, 3.63) is 16.3 Å². The first-order chi connectivity index (χ1) is 6.11. The summed E-state index contributed by atoms with van der Waals surface area (Å²) in [5, 5.41) is 10.5. The van der Waals surface area contributed by atoms with Crippen LogP contribution in [0.25, 0.3) is 0 Å². The first-order valence-electron chi connectivity index (χ1n) is 3.78. The molecule has 1 rings (SSSR count). The highest BCUT2D eigenvalue weighted by Gasteiger charge is 2.17. The lowest BCUT2D eigenvalue weighted by molar-refractivity contribution is 0.282. The fourth-order valence-electron chi connectivity index (χ4n) is 0.951. The molecule has 0 aromatic carbocycles. The van der Waals surface area contributed by atoms with Gasteiger partial charge in [-0.1, -0.05) is 6.92 Å². The van der Waals surface area contributed by atoms with Crippen molar-refractivity contribution in [3.8, 4) is 0 Å². The Morgan fingerprint density at radius 1 is 1.62 bits per heavy atom. The number of sulfonamides is 1. The molecule has 0 spiro atoms. The first-order valence-corrected chi connectivity index (χ1v) is 6.15. The van der Waals surface area contributed by atoms with E-state index in [1.165, 1.54) is 17.4 Å². The highest BCUT2D eigenvalue weighted by molar-refractivity contribution is 7.89. The smallest absolute Gasteiger partial charge is 0.241 e. The van der Waals surface area contributed by atoms with E-state index in [1.54, 1.807) is 12.3 Å². The molecule has 2 N–H and O–H groups in total. The number of rotatable bonds is 4. The molecule has 13 heavy (non-hydrogen) atoms. The fourth-order valence-corrected chi connectivity index (χ4v) is 3.29. The van der Waals surface area contributed by atoms with E-state index < -0.39 is 10.0 Å². The number of hydrogen-bond donors (Lipinski definition) is 2. The van der Waals surface area contributed by atoms with Crippen LogP contribution < -0.4 is 4.72 Å². The zero-order valence-electron chi connectivity index (χ0n) is 7.15. The molecule has 0 fully saturated rings. The Balaban J connectivity index is 3.07. The Hall–Kier alpha value is -0.430. The second kappa shape index (κ2) is 4.19. The maximum absolute atomic E-state index is 11.5. The van der Waals surface area contributed by atoms with E-state index in [-0.39, 0.29) is 11.5 Å². The van der Waals surface area contributed by atoms with Gasteiger partial charge in [-0.15, -0.1) is 11.3 Å². The fraction of sp³-hybridized carbons (Fsp3) is 0.429. The zero-order valence-corrected chi connectivity index (χ0v) is 8.78. The van der Waals surface area contributed by atoms with Crippen molar-refractivity contribution in [2.45, 2.75) is 18.4 Å². The van der Waals surface area contributed by atoms with Crippen molar-refractivity contribution < 1.29 is 13.5 Å². The Morgan fingerprint density at radius 2 is 2.31 bits per heavy atom. The lowest BCUT2D eigenvalue weighted by atomic mass is 10.5. The maximum atomic E-state index is 11.5. The van der Waals surface area contributed by atoms with Gasteiger partial charge in [0, 0.05) is 11.4 Å². The molecule has 0 saturated carbocycles. The van der Waals surface area contributed by atoms with Gasteiger partial charge in [-0.25, -0.2) is 13.1 Å². The molecular formula is C7H11NO3S2. The molecule has 0 bridgehead atoms. The minimum atomic E-state index is -3.41. The maximum Gasteiger partial charge on any atom is 0.241 e. The second-order valence-corrected chi connectivity index (χ2v) is 5.10. The summed E-state index contributed by atoms with van der Waals surface area (Å²) in [6.07, 6.45) is 0. The summed E-state index contributed by atoms with van der Waals surface area (Å²) < 4.78 is 25.3. The molecule has 0 amide bonds. The van der Waals surface area contributed by atoms with E-state index >= 15 is 0 Å². The summed E-state index contributed by atoms with van der Waals surface area (Å²) in [4.78, 5) is 0.655. The first kappa shape index (κ1) is 10.6. The summed E-state index contributed by atoms with van der Waals surface area (Å²) >= 11 is 1.23. The normalized spacial score (nSPS) is 11.8. The average molecular weight is 221 g/mol. The van der Waals surface area contributed by atoms with Gasteiger partial charge in [-0.2, -0.15) is 0 Å². The van der Waals surface area contributed by atoms with Gasteiger partial charge in [-0.05, 0) is 11.4 Å². The van der Waals surface area contributed by atoms with Crippen LogP contribution in [0, 0.1) is 0 Å². The van der Waals surface area contributed by atoms with Crippen LogP contribution in [0.4, 0.5) is 0 Å². The van der Waals surface area contributed by atoms with E-state index in [0.717, 1.165) is 0 Å². The molecule has 6 heteroatoms. The van der Waals surface area contributed by atoms with Crippen LogP contribution >= 0.6 is 11.3 Å². The molecule has 74 valence electrons. The molecule has 0 aliphatic carbocycles. The topological polar surface area (TPSA) is 66.4 Å². The van der Waals surface area contributed by atoms with Gasteiger partial charge >= 0.3 is 0 Å². The molecule has 4 nitrogen and oxygen atoms in total. The van der Waals surface area contributed by atoms with Gasteiger partial charge in [0.2, 0.25) is 10.0 Å². The Labute approximate surface area is 81.3 Å². The van der Waals surface area contributed by atoms with Gasteiger partial charge in [0.25, 0.3) is 0 Å². The summed E-state index contributed by atoms with van der Waals surface area (Å²) in [5.74, 6) is 0. The van der Waals surface area contributed by atoms with Gasteiger partial charge in [0.05, 0.1) is 11.5 Å². The van der Waals surface area contributed by atoms with Crippen molar-refractivity contribution >= 4 is 21.4 Å². The lowest BCUT2D eigenvalue weighted by Gasteiger charge is -2.03. The largest absolute Gasteiger partial charge is 0.391 e. The molecule has 0 radical (unpaired) electrons. The zero-order chi connectivity index (χ0) is 9.90. The van der Waals surface area contributed by atoms with Gasteiger partial charge in [0.15, 0.2) is 0 Å². The summed E-state index contributed by atoms with van der Waals surface area (Å²) in [6, 6.07) is 1.49. The van der Waals surface area contributed by atoms with Crippen molar-refractivity contribution in [3.63, 3.8) is 0 Å². The van der Waals surface area contributed by atoms with Gasteiger partial charge < -0.3 is 5.11 Å². The quantitative estimate of drug-likeness (QED) is 0.779. The highest BCUT2D eigenvalue weighted by Crippen LogP contribution is 2.21. The number of hydrogen-bond acceptors (Lipinski definition) is 4. The predicted octanol–water partition coefficient (Wildman–Crippen LogP) is 0.539. The third-order valence-corrected chi connectivity index (χ3v) is 4.14. The van der Waals surface area contributed by atoms with Gasteiger partial charge in [0.1, 0.15) is 0 Å². The molecule has 1 heterocycles. The predicted molar refractivity (Wildman–Crippen MR) is 51.1 cm³/mol. The van der Waals surface area contributed by atoms with Crippen molar-refractivity contribution in [1.82, 2.24) is 4.72 Å². The van der Waals surface area contributed by atoms with Crippen LogP contribution in [0.3, 0.4) is 0 Å². The number of aliphatic hydroxyl groups is 1. The Bertz CT molecular complexity index is 369. The van der Waals surface area contributed by atoms with E-state index in [1.807, 2.05) is 0 Å². The number of aliphatic hydroxyl groups excluding tert-OH is 1. The molecule has 1 aromatic rings. The van der Waals surface area contributed by atoms with Crippen molar-refractivity contribution in [1.29, 1.82) is 0 Å². The van der Waals surface area contributed by atoms with Crippen LogP contribution in [-0.4, -0.2) is 20.1 Å². The SMILES string of the molecule is CCNS(=O)(=O)c1ccsc1CO. The molecule has 1 aromatic heterocycles. The summed E-state index contributed by atoms with van der Waals surface area (Å²) in [7, 11) is -3.41. The van der Waals surface area contributed by atoms with Crippen molar-refractivity contribution in [2.75, 3.05) is 6.54 Å². The third-order valence-electron chi connectivity index (χ3n) is 1.47. The number of thiophene rings is 1. The van der Waals surface area contributed by atoms with Crippen LogP contribution in [0.1, 0.15) is 11.8 Å². The molecule has 0 aliphatic rings. The van der Waals surface area contributed by atoms with Crippen LogP contribution in [0.5, 0.6) is 0 Å². The molecule has 0 aliphatic heterocycles. The van der Waals surface area contributed by atoms with E-state index in [0.29, 0.717) is 11.4 Å². The molecular weight excluding hydrogens is 210 g/mol. The van der Waals surface area contributed by atoms with Crippen LogP contribution in [0.2, 0.25) is 0 Å². The summed E-state index contributed by atoms with van der Waals surface area (Å²) in [6.45, 7) is 1.82. The monoisotopic (exact) mass is 221 g/mol. The summed E-state index contributed by atoms with van der Waals surface area (Å²) in [5.41, 5.74) is 0. The second-order valence-electron chi connectivity index (χ2n) is 2.37. The molecule has 0 saturated heterocycles.